The normalized spacial score (nSPS) is 22.1. The van der Waals surface area contributed by atoms with E-state index in [4.69, 9.17) is 15.2 Å². The lowest BCUT2D eigenvalue weighted by Gasteiger charge is -2.38. The van der Waals surface area contributed by atoms with Gasteiger partial charge in [0.2, 0.25) is 0 Å². The molecule has 1 saturated heterocycles. The van der Waals surface area contributed by atoms with Gasteiger partial charge in [0.1, 0.15) is 0 Å². The average Bonchev–Trinajstić information content (AvgIpc) is 2.46. The van der Waals surface area contributed by atoms with E-state index in [-0.39, 0.29) is 24.8 Å². The third-order valence-electron chi connectivity index (χ3n) is 3.41. The number of esters is 1. The molecule has 6 heteroatoms. The molecule has 0 aliphatic carbocycles. The number of nitrogens with two attached hydrogens (primary N) is 1. The molecule has 0 amide bonds. The molecule has 2 atom stereocenters. The SMILES string of the molecule is CCOC(=O)c1ccc(N2CC(C)OC(CO)C2)c(N)c1. The number of carbonyl (C=O) groups excluding carboxylic acids is 1. The van der Waals surface area contributed by atoms with Crippen LogP contribution in [0.2, 0.25) is 0 Å². The largest absolute Gasteiger partial charge is 0.462 e. The molecule has 1 aliphatic rings. The van der Waals surface area contributed by atoms with Gasteiger partial charge < -0.3 is 25.2 Å². The molecule has 1 aromatic carbocycles. The lowest BCUT2D eigenvalue weighted by atomic mass is 10.1. The number of benzene rings is 1. The van der Waals surface area contributed by atoms with Gasteiger partial charge in [-0.2, -0.15) is 0 Å². The van der Waals surface area contributed by atoms with Gasteiger partial charge in [0, 0.05) is 13.1 Å². The Morgan fingerprint density at radius 2 is 2.29 bits per heavy atom. The number of morpholine rings is 1. The van der Waals surface area contributed by atoms with E-state index in [1.54, 1.807) is 19.1 Å². The van der Waals surface area contributed by atoms with Crippen LogP contribution >= 0.6 is 0 Å². The minimum absolute atomic E-state index is 0.0139. The molecule has 3 N–H and O–H groups in total. The summed E-state index contributed by atoms with van der Waals surface area (Å²) in [6.07, 6.45) is -0.210. The highest BCUT2D eigenvalue weighted by Crippen LogP contribution is 2.27. The maximum Gasteiger partial charge on any atom is 0.338 e. The van der Waals surface area contributed by atoms with Gasteiger partial charge in [-0.05, 0) is 32.0 Å². The van der Waals surface area contributed by atoms with Gasteiger partial charge in [-0.25, -0.2) is 4.79 Å². The van der Waals surface area contributed by atoms with Crippen LogP contribution in [0.25, 0.3) is 0 Å². The highest BCUT2D eigenvalue weighted by atomic mass is 16.5. The molecule has 0 aromatic heterocycles. The number of aliphatic hydroxyl groups is 1. The Labute approximate surface area is 124 Å². The zero-order valence-electron chi connectivity index (χ0n) is 12.4. The van der Waals surface area contributed by atoms with Crippen molar-refractivity contribution in [1.29, 1.82) is 0 Å². The van der Waals surface area contributed by atoms with E-state index in [9.17, 15) is 9.90 Å². The van der Waals surface area contributed by atoms with Gasteiger partial charge in [0.15, 0.2) is 0 Å². The van der Waals surface area contributed by atoms with Crippen LogP contribution < -0.4 is 10.6 Å². The number of anilines is 2. The Bertz CT molecular complexity index is 506. The number of ether oxygens (including phenoxy) is 2. The first-order valence-corrected chi connectivity index (χ1v) is 7.13. The van der Waals surface area contributed by atoms with Crippen molar-refractivity contribution >= 4 is 17.3 Å². The van der Waals surface area contributed by atoms with Crippen LogP contribution in [0.5, 0.6) is 0 Å². The molecular formula is C15H22N2O4. The summed E-state index contributed by atoms with van der Waals surface area (Å²) in [6, 6.07) is 5.15. The van der Waals surface area contributed by atoms with E-state index >= 15 is 0 Å². The number of aliphatic hydroxyl groups excluding tert-OH is 1. The molecule has 2 unspecified atom stereocenters. The zero-order valence-corrected chi connectivity index (χ0v) is 12.4. The topological polar surface area (TPSA) is 85.0 Å². The standard InChI is InChI=1S/C15H22N2O4/c1-3-20-15(19)11-4-5-14(13(16)6-11)17-7-10(2)21-12(8-17)9-18/h4-6,10,12,18H,3,7-9,16H2,1-2H3. The Balaban J connectivity index is 2.18. The summed E-state index contributed by atoms with van der Waals surface area (Å²) in [4.78, 5) is 13.8. The maximum absolute atomic E-state index is 11.7. The van der Waals surface area contributed by atoms with Crippen LogP contribution in [-0.2, 0) is 9.47 Å². The summed E-state index contributed by atoms with van der Waals surface area (Å²) in [5.41, 5.74) is 7.87. The van der Waals surface area contributed by atoms with Crippen molar-refractivity contribution in [3.8, 4) is 0 Å². The van der Waals surface area contributed by atoms with E-state index in [2.05, 4.69) is 4.90 Å². The molecule has 1 fully saturated rings. The average molecular weight is 294 g/mol. The third-order valence-corrected chi connectivity index (χ3v) is 3.41. The number of hydrogen-bond donors (Lipinski definition) is 2. The maximum atomic E-state index is 11.7. The number of hydrogen-bond acceptors (Lipinski definition) is 6. The molecule has 2 rings (SSSR count). The molecule has 0 spiro atoms. The molecule has 21 heavy (non-hydrogen) atoms. The molecule has 116 valence electrons. The van der Waals surface area contributed by atoms with Crippen molar-refractivity contribution in [2.45, 2.75) is 26.1 Å². The van der Waals surface area contributed by atoms with Gasteiger partial charge in [-0.15, -0.1) is 0 Å². The van der Waals surface area contributed by atoms with E-state index in [1.165, 1.54) is 0 Å². The molecule has 0 saturated carbocycles. The lowest BCUT2D eigenvalue weighted by molar-refractivity contribution is -0.0420. The molecule has 1 heterocycles. The second-order valence-electron chi connectivity index (χ2n) is 5.15. The zero-order chi connectivity index (χ0) is 15.4. The fourth-order valence-electron chi connectivity index (χ4n) is 2.53. The van der Waals surface area contributed by atoms with E-state index in [0.29, 0.717) is 30.9 Å². The Kier molecular flexibility index (Phi) is 5.03. The van der Waals surface area contributed by atoms with Crippen molar-refractivity contribution < 1.29 is 19.4 Å². The van der Waals surface area contributed by atoms with Gasteiger partial charge >= 0.3 is 5.97 Å². The predicted octanol–water partition coefficient (Wildman–Crippen LogP) is 1.03. The highest BCUT2D eigenvalue weighted by Gasteiger charge is 2.26. The van der Waals surface area contributed by atoms with Crippen LogP contribution in [0, 0.1) is 0 Å². The van der Waals surface area contributed by atoms with Crippen molar-refractivity contribution in [1.82, 2.24) is 0 Å². The Morgan fingerprint density at radius 3 is 2.90 bits per heavy atom. The summed E-state index contributed by atoms with van der Waals surface area (Å²) in [5, 5.41) is 9.27. The fraction of sp³-hybridized carbons (Fsp3) is 0.533. The van der Waals surface area contributed by atoms with Crippen molar-refractivity contribution in [2.75, 3.05) is 36.9 Å². The molecule has 1 aromatic rings. The number of carbonyl (C=O) groups is 1. The smallest absolute Gasteiger partial charge is 0.338 e. The Morgan fingerprint density at radius 1 is 1.52 bits per heavy atom. The van der Waals surface area contributed by atoms with E-state index in [1.807, 2.05) is 13.0 Å². The van der Waals surface area contributed by atoms with E-state index in [0.717, 1.165) is 5.69 Å². The minimum atomic E-state index is -0.376. The lowest BCUT2D eigenvalue weighted by Crippen LogP contribution is -2.48. The second kappa shape index (κ2) is 6.78. The number of nitrogen functional groups attached to an aromatic ring is 1. The summed E-state index contributed by atoms with van der Waals surface area (Å²) < 4.78 is 10.6. The van der Waals surface area contributed by atoms with Crippen molar-refractivity contribution in [3.05, 3.63) is 23.8 Å². The van der Waals surface area contributed by atoms with Crippen LogP contribution in [0.15, 0.2) is 18.2 Å². The number of rotatable bonds is 4. The Hall–Kier alpha value is -1.79. The van der Waals surface area contributed by atoms with Gasteiger partial charge in [0.05, 0.1) is 42.4 Å². The van der Waals surface area contributed by atoms with Crippen LogP contribution in [0.3, 0.4) is 0 Å². The minimum Gasteiger partial charge on any atom is -0.462 e. The van der Waals surface area contributed by atoms with Crippen molar-refractivity contribution in [2.24, 2.45) is 0 Å². The van der Waals surface area contributed by atoms with Crippen molar-refractivity contribution in [3.63, 3.8) is 0 Å². The van der Waals surface area contributed by atoms with Crippen LogP contribution in [0.1, 0.15) is 24.2 Å². The first-order valence-electron chi connectivity index (χ1n) is 7.13. The summed E-state index contributed by atoms with van der Waals surface area (Å²) in [6.45, 7) is 5.29. The molecular weight excluding hydrogens is 272 g/mol. The molecule has 6 nitrogen and oxygen atoms in total. The fourth-order valence-corrected chi connectivity index (χ4v) is 2.53. The monoisotopic (exact) mass is 294 g/mol. The van der Waals surface area contributed by atoms with E-state index < -0.39 is 0 Å². The third kappa shape index (κ3) is 3.65. The summed E-state index contributed by atoms with van der Waals surface area (Å²) >= 11 is 0. The first-order chi connectivity index (χ1) is 10.0. The summed E-state index contributed by atoms with van der Waals surface area (Å²) in [7, 11) is 0. The van der Waals surface area contributed by atoms with Crippen LogP contribution in [-0.4, -0.2) is 49.6 Å². The van der Waals surface area contributed by atoms with Crippen LogP contribution in [0.4, 0.5) is 11.4 Å². The van der Waals surface area contributed by atoms with Gasteiger partial charge in [0.25, 0.3) is 0 Å². The second-order valence-corrected chi connectivity index (χ2v) is 5.15. The number of nitrogens with zero attached hydrogens (tertiary/aromatic N) is 1. The first kappa shape index (κ1) is 15.6. The quantitative estimate of drug-likeness (QED) is 0.637. The predicted molar refractivity (Wildman–Crippen MR) is 80.4 cm³/mol. The summed E-state index contributed by atoms with van der Waals surface area (Å²) in [5.74, 6) is -0.376. The highest BCUT2D eigenvalue weighted by molar-refractivity contribution is 5.92. The van der Waals surface area contributed by atoms with Gasteiger partial charge in [-0.3, -0.25) is 0 Å². The molecule has 0 radical (unpaired) electrons. The molecule has 1 aliphatic heterocycles. The molecule has 0 bridgehead atoms. The van der Waals surface area contributed by atoms with Gasteiger partial charge in [-0.1, -0.05) is 0 Å².